The third-order valence-corrected chi connectivity index (χ3v) is 11.0. The smallest absolute Gasteiger partial charge is 0.169 e. The average Bonchev–Trinajstić information content (AvgIpc) is 3.61. The average molecular weight is 699 g/mol. The number of para-hydroxylation sites is 2. The summed E-state index contributed by atoms with van der Waals surface area (Å²) in [4.78, 5) is 6.15. The molecule has 49 heavy (non-hydrogen) atoms. The molecule has 0 saturated carbocycles. The first-order chi connectivity index (χ1) is 24.1. The standard InChI is InChI=1S/C41H57N6S2/c1-5-46-30-21-36(22-31-46)17-19-38-13-7-9-15-40(38)44(3)28-11-24-42-26-33-48-49-34-27-43-25-12-29-45(4)41-16-10-8-14-39(41)20-18-37-23-32-47(6-2)35-37/h7-10,13-23,30-32,35,42-43H,5-6,11-12,24-29,33-34H2,1-4H3/q+1/p+1/b20-18+. The summed E-state index contributed by atoms with van der Waals surface area (Å²) in [6.07, 6.45) is 22.1. The molecule has 3 aromatic rings. The molecule has 262 valence electrons. The van der Waals surface area contributed by atoms with Gasteiger partial charge in [0.25, 0.3) is 0 Å². The first kappa shape index (κ1) is 38.5. The third-order valence-electron chi connectivity index (χ3n) is 8.64. The van der Waals surface area contributed by atoms with E-state index in [1.54, 1.807) is 0 Å². The summed E-state index contributed by atoms with van der Waals surface area (Å²) < 4.78 is 2.18. The van der Waals surface area contributed by atoms with Crippen LogP contribution in [-0.4, -0.2) is 71.4 Å². The van der Waals surface area contributed by atoms with E-state index in [0.29, 0.717) is 0 Å². The van der Waals surface area contributed by atoms with E-state index in [4.69, 9.17) is 0 Å². The van der Waals surface area contributed by atoms with Crippen LogP contribution in [0, 0.1) is 0 Å². The minimum absolute atomic E-state index is 0.994. The molecule has 4 rings (SSSR count). The zero-order valence-corrected chi connectivity index (χ0v) is 31.7. The van der Waals surface area contributed by atoms with Crippen molar-refractivity contribution >= 4 is 51.2 Å². The lowest BCUT2D eigenvalue weighted by atomic mass is 10.1. The van der Waals surface area contributed by atoms with Gasteiger partial charge in [0.2, 0.25) is 0 Å². The summed E-state index contributed by atoms with van der Waals surface area (Å²) >= 11 is 0. The molecule has 0 aliphatic carbocycles. The van der Waals surface area contributed by atoms with Gasteiger partial charge in [-0.1, -0.05) is 76.2 Å². The van der Waals surface area contributed by atoms with E-state index in [2.05, 4.69) is 169 Å². The Morgan fingerprint density at radius 2 is 1.24 bits per heavy atom. The van der Waals surface area contributed by atoms with Gasteiger partial charge >= 0.3 is 0 Å². The maximum absolute atomic E-state index is 3.63. The number of pyridine rings is 1. The Balaban J connectivity index is 1.00. The predicted octanol–water partition coefficient (Wildman–Crippen LogP) is 6.41. The molecule has 0 amide bonds. The lowest BCUT2D eigenvalue weighted by molar-refractivity contribution is -0.785. The maximum atomic E-state index is 3.63. The van der Waals surface area contributed by atoms with Crippen LogP contribution in [-0.2, 0) is 6.54 Å². The Morgan fingerprint density at radius 1 is 0.694 bits per heavy atom. The number of nitrogens with one attached hydrogen (secondary N) is 3. The van der Waals surface area contributed by atoms with E-state index in [-0.39, 0.29) is 0 Å². The van der Waals surface area contributed by atoms with E-state index in [9.17, 15) is 0 Å². The van der Waals surface area contributed by atoms with E-state index in [0.717, 1.165) is 76.7 Å². The number of hydrogen-bond donors (Lipinski definition) is 3. The minimum atomic E-state index is 0.994. The number of anilines is 2. The second-order valence-electron chi connectivity index (χ2n) is 12.3. The van der Waals surface area contributed by atoms with Gasteiger partial charge in [-0.3, -0.25) is 4.90 Å². The highest BCUT2D eigenvalue weighted by molar-refractivity contribution is 8.76. The highest BCUT2D eigenvalue weighted by Crippen LogP contribution is 2.23. The Bertz CT molecular complexity index is 1500. The first-order valence-corrected chi connectivity index (χ1v) is 20.4. The van der Waals surface area contributed by atoms with Gasteiger partial charge in [-0.05, 0) is 74.7 Å². The molecule has 8 heteroatoms. The molecule has 0 bridgehead atoms. The van der Waals surface area contributed by atoms with Crippen molar-refractivity contribution in [2.45, 2.75) is 33.2 Å². The molecule has 0 radical (unpaired) electrons. The van der Waals surface area contributed by atoms with Crippen molar-refractivity contribution in [3.8, 4) is 0 Å². The van der Waals surface area contributed by atoms with E-state index >= 15 is 0 Å². The summed E-state index contributed by atoms with van der Waals surface area (Å²) in [5.41, 5.74) is 7.59. The van der Waals surface area contributed by atoms with Gasteiger partial charge in [0, 0.05) is 86.9 Å². The predicted molar refractivity (Wildman–Crippen MR) is 218 cm³/mol. The number of hydrogen-bond acceptors (Lipinski definition) is 6. The van der Waals surface area contributed by atoms with Crippen LogP contribution in [0.2, 0.25) is 0 Å². The Labute approximate surface area is 304 Å². The zero-order chi connectivity index (χ0) is 34.5. The highest BCUT2D eigenvalue weighted by atomic mass is 33.1. The summed E-state index contributed by atoms with van der Waals surface area (Å²) in [6, 6.07) is 21.7. The normalized spacial score (nSPS) is 14.3. The minimum Gasteiger partial charge on any atom is -0.374 e. The van der Waals surface area contributed by atoms with Gasteiger partial charge in [-0.25, -0.2) is 4.57 Å². The Hall–Kier alpha value is -3.27. The van der Waals surface area contributed by atoms with Crippen LogP contribution in [0.1, 0.15) is 43.4 Å². The molecule has 0 spiro atoms. The van der Waals surface area contributed by atoms with Crippen molar-refractivity contribution in [1.29, 1.82) is 0 Å². The quantitative estimate of drug-likeness (QED) is 0.0605. The molecule has 0 saturated heterocycles. The van der Waals surface area contributed by atoms with Crippen molar-refractivity contribution in [2.24, 2.45) is 0 Å². The fraction of sp³-hybridized carbons (Fsp3) is 0.390. The fourth-order valence-electron chi connectivity index (χ4n) is 5.67. The van der Waals surface area contributed by atoms with Crippen LogP contribution in [0.5, 0.6) is 0 Å². The summed E-state index contributed by atoms with van der Waals surface area (Å²) in [5, 5.41) is 7.26. The van der Waals surface area contributed by atoms with E-state index in [1.165, 1.54) is 38.5 Å². The second-order valence-corrected chi connectivity index (χ2v) is 15.0. The van der Waals surface area contributed by atoms with Gasteiger partial charge in [-0.2, -0.15) is 0 Å². The highest BCUT2D eigenvalue weighted by Gasteiger charge is 2.09. The molecule has 1 aliphatic rings. The number of quaternary nitrogens is 1. The van der Waals surface area contributed by atoms with Crippen LogP contribution in [0.15, 0.2) is 103 Å². The van der Waals surface area contributed by atoms with Crippen LogP contribution in [0.25, 0.3) is 18.2 Å². The van der Waals surface area contributed by atoms with E-state index < -0.39 is 0 Å². The van der Waals surface area contributed by atoms with Crippen LogP contribution in [0.4, 0.5) is 11.4 Å². The van der Waals surface area contributed by atoms with Crippen molar-refractivity contribution in [2.75, 3.05) is 81.2 Å². The first-order valence-electron chi connectivity index (χ1n) is 17.9. The molecule has 1 aliphatic heterocycles. The van der Waals surface area contributed by atoms with Gasteiger partial charge in [0.1, 0.15) is 12.7 Å². The number of aromatic nitrogens is 1. The van der Waals surface area contributed by atoms with Gasteiger partial charge in [0.05, 0.1) is 12.7 Å². The van der Waals surface area contributed by atoms with Crippen LogP contribution < -0.4 is 29.9 Å². The van der Waals surface area contributed by atoms with Crippen molar-refractivity contribution < 1.29 is 9.47 Å². The lowest BCUT2D eigenvalue weighted by Gasteiger charge is -2.21. The summed E-state index contributed by atoms with van der Waals surface area (Å²) in [5.74, 6) is 2.27. The molecule has 0 fully saturated rings. The third kappa shape index (κ3) is 13.9. The summed E-state index contributed by atoms with van der Waals surface area (Å²) in [7, 11) is 8.35. The fourth-order valence-corrected chi connectivity index (χ4v) is 7.57. The number of allylic oxidation sites excluding steroid dienone is 3. The van der Waals surface area contributed by atoms with Crippen LogP contribution in [0.3, 0.4) is 0 Å². The maximum Gasteiger partial charge on any atom is 0.169 e. The number of aryl methyl sites for hydroxylation is 1. The number of rotatable bonds is 23. The molecule has 1 aromatic heterocycles. The number of nitrogens with zero attached hydrogens (tertiary/aromatic N) is 3. The van der Waals surface area contributed by atoms with Gasteiger partial charge < -0.3 is 20.4 Å². The molecule has 2 heterocycles. The second kappa shape index (κ2) is 22.4. The number of benzene rings is 2. The molecular weight excluding hydrogens is 641 g/mol. The molecule has 6 nitrogen and oxygen atoms in total. The van der Waals surface area contributed by atoms with Crippen LogP contribution >= 0.6 is 21.6 Å². The molecule has 3 N–H and O–H groups in total. The Morgan fingerprint density at radius 3 is 1.78 bits per heavy atom. The monoisotopic (exact) mass is 698 g/mol. The zero-order valence-electron chi connectivity index (χ0n) is 30.1. The SMILES string of the molecule is CC[n+]1ccc(/C=C/c2ccccc2N(C)CCCNCCSSCCNCCCN(C)c2ccccc2/C=C/C2=C[NH+](CC)C=C2)cc1. The van der Waals surface area contributed by atoms with E-state index in [1.807, 2.05) is 21.6 Å². The van der Waals surface area contributed by atoms with Gasteiger partial charge in [-0.15, -0.1) is 0 Å². The van der Waals surface area contributed by atoms with Gasteiger partial charge in [0.15, 0.2) is 12.4 Å². The summed E-state index contributed by atoms with van der Waals surface area (Å²) in [6.45, 7) is 12.7. The molecule has 2 aromatic carbocycles. The largest absolute Gasteiger partial charge is 0.374 e. The molecule has 1 unspecified atom stereocenters. The van der Waals surface area contributed by atoms with Crippen molar-refractivity contribution in [3.05, 3.63) is 120 Å². The molecular formula is C41H58N6S2+2. The topological polar surface area (TPSA) is 38.9 Å². The molecule has 1 atom stereocenters. The van der Waals surface area contributed by atoms with Crippen molar-refractivity contribution in [1.82, 2.24) is 10.6 Å². The lowest BCUT2D eigenvalue weighted by Crippen LogP contribution is -3.01. The Kier molecular flexibility index (Phi) is 17.7. The van der Waals surface area contributed by atoms with Crippen molar-refractivity contribution in [3.63, 3.8) is 0 Å².